The summed E-state index contributed by atoms with van der Waals surface area (Å²) in [4.78, 5) is 0. The molecule has 3 rings (SSSR count). The van der Waals surface area contributed by atoms with Gasteiger partial charge in [0.2, 0.25) is 0 Å². The van der Waals surface area contributed by atoms with E-state index in [1.54, 1.807) is 12.1 Å². The van der Waals surface area contributed by atoms with E-state index in [4.69, 9.17) is 9.47 Å². The van der Waals surface area contributed by atoms with Crippen molar-refractivity contribution >= 4 is 28.1 Å². The number of hydrogen-bond acceptors (Lipinski definition) is 3. The van der Waals surface area contributed by atoms with Crippen molar-refractivity contribution in [3.8, 4) is 11.5 Å². The topological polar surface area (TPSA) is 38.7 Å². The van der Waals surface area contributed by atoms with Gasteiger partial charge in [-0.15, -0.1) is 0 Å². The van der Waals surface area contributed by atoms with Gasteiger partial charge in [-0.05, 0) is 0 Å². The number of aromatic hydroxyl groups is 1. The van der Waals surface area contributed by atoms with Gasteiger partial charge < -0.3 is 0 Å². The monoisotopic (exact) mass is 400 g/mol. The van der Waals surface area contributed by atoms with Crippen LogP contribution in [0.2, 0.25) is 0 Å². The van der Waals surface area contributed by atoms with E-state index in [0.29, 0.717) is 5.75 Å². The molecule has 0 aromatic heterocycles. The molecule has 0 amide bonds. The summed E-state index contributed by atoms with van der Waals surface area (Å²) < 4.78 is 14.1. The SMILES string of the molecule is Oc1ccc([Te]c2ccc(OC3CCCCO3)cc2)cc1. The quantitative estimate of drug-likeness (QED) is 0.801. The van der Waals surface area contributed by atoms with Gasteiger partial charge in [0.15, 0.2) is 0 Å². The molecule has 2 aromatic carbocycles. The molecule has 0 bridgehead atoms. The van der Waals surface area contributed by atoms with E-state index in [0.717, 1.165) is 25.2 Å². The molecule has 1 saturated heterocycles. The molecule has 1 fully saturated rings. The fourth-order valence-electron chi connectivity index (χ4n) is 2.19. The Kier molecular flexibility index (Phi) is 5.03. The first kappa shape index (κ1) is 14.7. The molecule has 4 heteroatoms. The van der Waals surface area contributed by atoms with Gasteiger partial charge in [-0.3, -0.25) is 0 Å². The standard InChI is InChI=1S/C17H18O3Te/c18-13-4-8-15(9-5-13)21-16-10-6-14(7-11-16)20-17-3-1-2-12-19-17/h4-11,17-18H,1-3,12H2. The molecule has 21 heavy (non-hydrogen) atoms. The Morgan fingerprint density at radius 2 is 1.62 bits per heavy atom. The Morgan fingerprint density at radius 1 is 0.952 bits per heavy atom. The van der Waals surface area contributed by atoms with E-state index in [9.17, 15) is 5.11 Å². The fourth-order valence-corrected chi connectivity index (χ4v) is 4.52. The van der Waals surface area contributed by atoms with Crippen LogP contribution in [0.15, 0.2) is 48.5 Å². The van der Waals surface area contributed by atoms with E-state index >= 15 is 0 Å². The number of benzene rings is 2. The summed E-state index contributed by atoms with van der Waals surface area (Å²) >= 11 is -0.409. The van der Waals surface area contributed by atoms with Crippen LogP contribution in [0.5, 0.6) is 11.5 Å². The van der Waals surface area contributed by atoms with E-state index in [-0.39, 0.29) is 6.29 Å². The maximum atomic E-state index is 9.30. The van der Waals surface area contributed by atoms with Gasteiger partial charge >= 0.3 is 135 Å². The maximum absolute atomic E-state index is 9.30. The third-order valence-electron chi connectivity index (χ3n) is 3.30. The zero-order chi connectivity index (χ0) is 14.5. The van der Waals surface area contributed by atoms with Crippen LogP contribution in [0, 0.1) is 0 Å². The molecule has 0 aliphatic carbocycles. The van der Waals surface area contributed by atoms with E-state index in [1.165, 1.54) is 13.6 Å². The molecule has 1 unspecified atom stereocenters. The van der Waals surface area contributed by atoms with Gasteiger partial charge in [0.05, 0.1) is 0 Å². The van der Waals surface area contributed by atoms with Crippen molar-refractivity contribution in [2.45, 2.75) is 25.6 Å². The average molecular weight is 398 g/mol. The van der Waals surface area contributed by atoms with Gasteiger partial charge in [-0.25, -0.2) is 0 Å². The summed E-state index contributed by atoms with van der Waals surface area (Å²) in [6, 6.07) is 15.8. The number of ether oxygens (including phenoxy) is 2. The molecular weight excluding hydrogens is 380 g/mol. The van der Waals surface area contributed by atoms with Gasteiger partial charge in [0.1, 0.15) is 0 Å². The normalized spacial score (nSPS) is 18.4. The predicted octanol–water partition coefficient (Wildman–Crippen LogP) is 1.95. The third kappa shape index (κ3) is 4.38. The Balaban J connectivity index is 1.59. The number of phenolic OH excluding ortho intramolecular Hbond substituents is 1. The summed E-state index contributed by atoms with van der Waals surface area (Å²) in [5.74, 6) is 1.20. The molecule has 0 radical (unpaired) electrons. The second-order valence-corrected chi connectivity index (χ2v) is 8.25. The van der Waals surface area contributed by atoms with Crippen LogP contribution >= 0.6 is 0 Å². The Bertz CT molecular complexity index is 560. The van der Waals surface area contributed by atoms with Gasteiger partial charge in [0, 0.05) is 0 Å². The molecular formula is C17H18O3Te. The molecule has 1 atom stereocenters. The van der Waals surface area contributed by atoms with Gasteiger partial charge in [-0.2, -0.15) is 0 Å². The fraction of sp³-hybridized carbons (Fsp3) is 0.294. The summed E-state index contributed by atoms with van der Waals surface area (Å²) in [5.41, 5.74) is 0. The number of phenols is 1. The first-order chi connectivity index (χ1) is 10.3. The van der Waals surface area contributed by atoms with Crippen LogP contribution in [-0.4, -0.2) is 38.9 Å². The van der Waals surface area contributed by atoms with Crippen LogP contribution < -0.4 is 12.0 Å². The Hall–Kier alpha value is -1.21. The molecule has 110 valence electrons. The predicted molar refractivity (Wildman–Crippen MR) is 83.8 cm³/mol. The van der Waals surface area contributed by atoms with Crippen molar-refractivity contribution < 1.29 is 14.6 Å². The second-order valence-electron chi connectivity index (χ2n) is 4.98. The molecule has 1 heterocycles. The molecule has 3 nitrogen and oxygen atoms in total. The van der Waals surface area contributed by atoms with Gasteiger partial charge in [0.25, 0.3) is 0 Å². The van der Waals surface area contributed by atoms with Crippen molar-refractivity contribution in [2.75, 3.05) is 6.61 Å². The first-order valence-corrected chi connectivity index (χ1v) is 9.48. The summed E-state index contributed by atoms with van der Waals surface area (Å²) in [5, 5.41) is 9.30. The Labute approximate surface area is 135 Å². The zero-order valence-corrected chi connectivity index (χ0v) is 14.0. The number of rotatable bonds is 4. The van der Waals surface area contributed by atoms with Crippen molar-refractivity contribution in [2.24, 2.45) is 0 Å². The van der Waals surface area contributed by atoms with Crippen LogP contribution in [0.3, 0.4) is 0 Å². The van der Waals surface area contributed by atoms with Crippen molar-refractivity contribution in [1.82, 2.24) is 0 Å². The third-order valence-corrected chi connectivity index (χ3v) is 6.20. The first-order valence-electron chi connectivity index (χ1n) is 7.15. The van der Waals surface area contributed by atoms with Crippen LogP contribution in [0.25, 0.3) is 0 Å². The minimum absolute atomic E-state index is 0.0850. The summed E-state index contributed by atoms with van der Waals surface area (Å²) in [6.45, 7) is 0.802. The van der Waals surface area contributed by atoms with Crippen LogP contribution in [0.1, 0.15) is 19.3 Å². The molecule has 0 spiro atoms. The van der Waals surface area contributed by atoms with E-state index in [2.05, 4.69) is 12.1 Å². The molecule has 2 aromatic rings. The van der Waals surface area contributed by atoms with Crippen molar-refractivity contribution in [3.63, 3.8) is 0 Å². The number of hydrogen-bond donors (Lipinski definition) is 1. The second kappa shape index (κ2) is 7.17. The zero-order valence-electron chi connectivity index (χ0n) is 11.7. The van der Waals surface area contributed by atoms with Crippen LogP contribution in [0.4, 0.5) is 0 Å². The molecule has 1 aliphatic heterocycles. The molecule has 1 N–H and O–H groups in total. The van der Waals surface area contributed by atoms with E-state index in [1.807, 2.05) is 24.3 Å². The average Bonchev–Trinajstić information content (AvgIpc) is 2.53. The van der Waals surface area contributed by atoms with Crippen molar-refractivity contribution in [3.05, 3.63) is 48.5 Å². The molecule has 0 saturated carbocycles. The minimum atomic E-state index is -0.409. The Morgan fingerprint density at radius 3 is 2.24 bits per heavy atom. The van der Waals surface area contributed by atoms with Gasteiger partial charge in [-0.1, -0.05) is 0 Å². The molecule has 1 aliphatic rings. The summed E-state index contributed by atoms with van der Waals surface area (Å²) in [7, 11) is 0. The van der Waals surface area contributed by atoms with Crippen LogP contribution in [-0.2, 0) is 4.74 Å². The summed E-state index contributed by atoms with van der Waals surface area (Å²) in [6.07, 6.45) is 3.20. The van der Waals surface area contributed by atoms with Crippen molar-refractivity contribution in [1.29, 1.82) is 0 Å². The van der Waals surface area contributed by atoms with E-state index < -0.39 is 20.9 Å².